The van der Waals surface area contributed by atoms with Crippen LogP contribution in [0.4, 0.5) is 5.82 Å². The summed E-state index contributed by atoms with van der Waals surface area (Å²) in [6.45, 7) is 4.07. The van der Waals surface area contributed by atoms with E-state index in [1.807, 2.05) is 19.1 Å². The van der Waals surface area contributed by atoms with Gasteiger partial charge < -0.3 is 11.5 Å². The maximum absolute atomic E-state index is 6.23. The first-order valence-corrected chi connectivity index (χ1v) is 9.49. The molecule has 140 valence electrons. The average Bonchev–Trinajstić information content (AvgIpc) is 3.23. The molecule has 4 N–H and O–H groups in total. The number of hydrogen-bond acceptors (Lipinski definition) is 5. The molecule has 1 aliphatic carbocycles. The lowest BCUT2D eigenvalue weighted by Crippen LogP contribution is -2.06. The Morgan fingerprint density at radius 1 is 1.11 bits per heavy atom. The summed E-state index contributed by atoms with van der Waals surface area (Å²) in [5.74, 6) is 1.21. The van der Waals surface area contributed by atoms with Crippen LogP contribution < -0.4 is 11.5 Å². The second-order valence-electron chi connectivity index (χ2n) is 7.49. The summed E-state index contributed by atoms with van der Waals surface area (Å²) in [5.41, 5.74) is 20.5. The van der Waals surface area contributed by atoms with E-state index in [9.17, 15) is 0 Å². The van der Waals surface area contributed by atoms with Crippen molar-refractivity contribution in [1.82, 2.24) is 19.5 Å². The van der Waals surface area contributed by atoms with E-state index in [-0.39, 0.29) is 6.04 Å². The predicted molar refractivity (Wildman–Crippen MR) is 111 cm³/mol. The largest absolute Gasteiger partial charge is 0.383 e. The number of nitrogens with zero attached hydrogens (tertiary/aromatic N) is 4. The molecule has 0 radical (unpaired) electrons. The Morgan fingerprint density at radius 2 is 1.96 bits per heavy atom. The summed E-state index contributed by atoms with van der Waals surface area (Å²) in [6, 6.07) is 12.4. The van der Waals surface area contributed by atoms with Crippen LogP contribution in [-0.4, -0.2) is 19.5 Å². The minimum atomic E-state index is 0.125. The van der Waals surface area contributed by atoms with E-state index < -0.39 is 0 Å². The van der Waals surface area contributed by atoms with E-state index in [0.29, 0.717) is 5.82 Å². The molecule has 0 bridgehead atoms. The molecule has 0 aliphatic heterocycles. The molecule has 0 saturated carbocycles. The second-order valence-corrected chi connectivity index (χ2v) is 7.49. The number of benzene rings is 1. The van der Waals surface area contributed by atoms with Crippen molar-refractivity contribution in [2.75, 3.05) is 5.73 Å². The van der Waals surface area contributed by atoms with Gasteiger partial charge in [-0.1, -0.05) is 6.07 Å². The first-order chi connectivity index (χ1) is 13.5. The van der Waals surface area contributed by atoms with E-state index in [1.54, 1.807) is 6.20 Å². The van der Waals surface area contributed by atoms with Crippen LogP contribution in [-0.2, 0) is 6.42 Å². The fourth-order valence-electron chi connectivity index (χ4n) is 4.17. The highest BCUT2D eigenvalue weighted by atomic mass is 15.1. The number of aryl methyl sites for hydroxylation is 3. The summed E-state index contributed by atoms with van der Waals surface area (Å²) in [7, 11) is 0. The van der Waals surface area contributed by atoms with Crippen LogP contribution >= 0.6 is 0 Å². The second kappa shape index (κ2) is 6.14. The van der Waals surface area contributed by atoms with Crippen LogP contribution in [0.5, 0.6) is 0 Å². The van der Waals surface area contributed by atoms with Crippen LogP contribution in [0.2, 0.25) is 0 Å². The third-order valence-electron chi connectivity index (χ3n) is 5.52. The Kier molecular flexibility index (Phi) is 3.70. The normalized spacial score (nSPS) is 15.9. The first kappa shape index (κ1) is 16.9. The Morgan fingerprint density at radius 3 is 2.79 bits per heavy atom. The fourth-order valence-corrected chi connectivity index (χ4v) is 4.17. The third kappa shape index (κ3) is 2.49. The highest BCUT2D eigenvalue weighted by Gasteiger charge is 2.23. The van der Waals surface area contributed by atoms with E-state index >= 15 is 0 Å². The number of pyridine rings is 2. The Bertz CT molecular complexity index is 1220. The molecule has 6 nitrogen and oxygen atoms in total. The molecular weight excluding hydrogens is 348 g/mol. The maximum atomic E-state index is 6.23. The van der Waals surface area contributed by atoms with Gasteiger partial charge in [0.1, 0.15) is 11.3 Å². The molecule has 6 heteroatoms. The Balaban J connectivity index is 1.84. The number of nitrogen functional groups attached to an aromatic ring is 1. The van der Waals surface area contributed by atoms with Gasteiger partial charge >= 0.3 is 0 Å². The number of fused-ring (bicyclic) bond motifs is 2. The summed E-state index contributed by atoms with van der Waals surface area (Å²) < 4.78 is 2.09. The van der Waals surface area contributed by atoms with Gasteiger partial charge in [0.25, 0.3) is 0 Å². The number of nitrogens with two attached hydrogens (primary N) is 2. The number of imidazole rings is 1. The molecule has 4 aromatic rings. The van der Waals surface area contributed by atoms with Gasteiger partial charge in [0, 0.05) is 23.6 Å². The van der Waals surface area contributed by atoms with Gasteiger partial charge in [-0.3, -0.25) is 4.57 Å². The summed E-state index contributed by atoms with van der Waals surface area (Å²) in [6.07, 6.45) is 3.67. The monoisotopic (exact) mass is 370 g/mol. The van der Waals surface area contributed by atoms with Crippen LogP contribution in [0, 0.1) is 13.8 Å². The highest BCUT2D eigenvalue weighted by molar-refractivity contribution is 5.85. The zero-order chi connectivity index (χ0) is 19.4. The Hall–Kier alpha value is -3.25. The van der Waals surface area contributed by atoms with Gasteiger partial charge in [-0.05, 0) is 73.7 Å². The van der Waals surface area contributed by atoms with E-state index in [0.717, 1.165) is 52.3 Å². The van der Waals surface area contributed by atoms with Crippen molar-refractivity contribution < 1.29 is 0 Å². The molecule has 0 amide bonds. The van der Waals surface area contributed by atoms with Gasteiger partial charge in [-0.15, -0.1) is 0 Å². The fraction of sp³-hybridized carbons (Fsp3) is 0.227. The lowest BCUT2D eigenvalue weighted by molar-refractivity contribution is 0.713. The van der Waals surface area contributed by atoms with Crippen molar-refractivity contribution in [1.29, 1.82) is 0 Å². The topological polar surface area (TPSA) is 95.6 Å². The van der Waals surface area contributed by atoms with E-state index in [4.69, 9.17) is 21.4 Å². The predicted octanol–water partition coefficient (Wildman–Crippen LogP) is 3.63. The molecule has 1 aliphatic rings. The molecule has 0 fully saturated rings. The SMILES string of the molecule is Cc1cc(C)c2nc(-c3cccnc3N)n(-c3ccc4c(c3)CC[C@@H]4N)c2n1. The molecule has 0 saturated heterocycles. The summed E-state index contributed by atoms with van der Waals surface area (Å²) in [5, 5.41) is 0. The van der Waals surface area contributed by atoms with Crippen molar-refractivity contribution in [3.63, 3.8) is 0 Å². The lowest BCUT2D eigenvalue weighted by Gasteiger charge is -2.12. The summed E-state index contributed by atoms with van der Waals surface area (Å²) >= 11 is 0. The minimum absolute atomic E-state index is 0.125. The molecule has 1 aromatic carbocycles. The molecule has 5 rings (SSSR count). The number of anilines is 1. The minimum Gasteiger partial charge on any atom is -0.383 e. The zero-order valence-corrected chi connectivity index (χ0v) is 16.0. The zero-order valence-electron chi connectivity index (χ0n) is 16.0. The van der Waals surface area contributed by atoms with Crippen molar-refractivity contribution in [2.45, 2.75) is 32.7 Å². The van der Waals surface area contributed by atoms with E-state index in [1.165, 1.54) is 11.1 Å². The number of aromatic nitrogens is 4. The highest BCUT2D eigenvalue weighted by Crippen LogP contribution is 2.35. The third-order valence-corrected chi connectivity index (χ3v) is 5.52. The van der Waals surface area contributed by atoms with Crippen LogP contribution in [0.25, 0.3) is 28.2 Å². The smallest absolute Gasteiger partial charge is 0.165 e. The van der Waals surface area contributed by atoms with Crippen molar-refractivity contribution in [2.24, 2.45) is 5.73 Å². The number of hydrogen-bond donors (Lipinski definition) is 2. The summed E-state index contributed by atoms with van der Waals surface area (Å²) in [4.78, 5) is 14.0. The van der Waals surface area contributed by atoms with Crippen molar-refractivity contribution >= 4 is 17.0 Å². The van der Waals surface area contributed by atoms with Gasteiger partial charge in [0.05, 0.1) is 5.56 Å². The molecular formula is C22H22N6. The maximum Gasteiger partial charge on any atom is 0.165 e. The molecule has 3 aromatic heterocycles. The van der Waals surface area contributed by atoms with Crippen molar-refractivity contribution in [3.8, 4) is 17.1 Å². The van der Waals surface area contributed by atoms with Crippen LogP contribution in [0.1, 0.15) is 34.8 Å². The molecule has 0 spiro atoms. The van der Waals surface area contributed by atoms with Crippen LogP contribution in [0.3, 0.4) is 0 Å². The van der Waals surface area contributed by atoms with Crippen LogP contribution in [0.15, 0.2) is 42.6 Å². The van der Waals surface area contributed by atoms with E-state index in [2.05, 4.69) is 40.7 Å². The van der Waals surface area contributed by atoms with Gasteiger partial charge in [-0.2, -0.15) is 0 Å². The first-order valence-electron chi connectivity index (χ1n) is 9.49. The average molecular weight is 370 g/mol. The standard InChI is InChI=1S/C22H22N6/c1-12-10-13(2)26-22-19(12)27-21(17-4-3-9-25-20(17)24)28(22)15-6-7-16-14(11-15)5-8-18(16)23/h3-4,6-7,9-11,18H,5,8,23H2,1-2H3,(H2,24,25)/t18-/m0/s1. The van der Waals surface area contributed by atoms with Gasteiger partial charge in [0.2, 0.25) is 0 Å². The van der Waals surface area contributed by atoms with Gasteiger partial charge in [0.15, 0.2) is 11.5 Å². The Labute approximate surface area is 163 Å². The molecule has 0 unspecified atom stereocenters. The molecule has 1 atom stereocenters. The number of rotatable bonds is 2. The molecule has 3 heterocycles. The quantitative estimate of drug-likeness (QED) is 0.562. The van der Waals surface area contributed by atoms with Crippen molar-refractivity contribution in [3.05, 3.63) is 65.0 Å². The van der Waals surface area contributed by atoms with Gasteiger partial charge in [-0.25, -0.2) is 15.0 Å². The lowest BCUT2D eigenvalue weighted by atomic mass is 10.1. The molecule has 28 heavy (non-hydrogen) atoms.